The van der Waals surface area contributed by atoms with Gasteiger partial charge in [-0.3, -0.25) is 0 Å². The molecule has 0 radical (unpaired) electrons. The van der Waals surface area contributed by atoms with Gasteiger partial charge >= 0.3 is 0 Å². The lowest BCUT2D eigenvalue weighted by molar-refractivity contribution is -0.0957. The van der Waals surface area contributed by atoms with E-state index in [4.69, 9.17) is 14.2 Å². The number of phenols is 2. The van der Waals surface area contributed by atoms with Crippen molar-refractivity contribution in [3.63, 3.8) is 0 Å². The summed E-state index contributed by atoms with van der Waals surface area (Å²) in [5, 5.41) is 25.5. The van der Waals surface area contributed by atoms with E-state index in [9.17, 15) is 10.2 Å². The summed E-state index contributed by atoms with van der Waals surface area (Å²) in [7, 11) is 0. The van der Waals surface area contributed by atoms with Gasteiger partial charge < -0.3 is 24.4 Å². The third kappa shape index (κ3) is 6.62. The molecule has 10 unspecified atom stereocenters. The highest BCUT2D eigenvalue weighted by atomic mass is 16.6. The largest absolute Gasteiger partial charge is 0.507 e. The molecule has 5 heteroatoms. The lowest BCUT2D eigenvalue weighted by atomic mass is 9.54. The van der Waals surface area contributed by atoms with Crippen molar-refractivity contribution in [2.24, 2.45) is 47.3 Å². The molecule has 2 saturated heterocycles. The Kier molecular flexibility index (Phi) is 10.0. The molecule has 68 heavy (non-hydrogen) atoms. The second-order valence-corrected chi connectivity index (χ2v) is 27.6. The minimum Gasteiger partial charge on any atom is -0.507 e. The number of hydrogen-bond donors (Lipinski definition) is 2. The number of phenolic OH excluding ortho intramolecular Hbond substituents is 2. The first-order chi connectivity index (χ1) is 32.0. The number of rotatable bonds is 0. The van der Waals surface area contributed by atoms with Gasteiger partial charge in [0.1, 0.15) is 11.5 Å². The SMILES string of the molecule is CC(C)(C)c1cc2c(O)c(c1)Cc1cc(C(C)(C)C)cc3c1CCOCCC14OC5(CCOCCc6c(cc(C(C)(C)C)cc6Cc6cc(C(C)(C)C)cc(c6O)C3)C2)C2C3CC(C6C3C5C61)C24. The van der Waals surface area contributed by atoms with Crippen LogP contribution >= 0.6 is 0 Å². The van der Waals surface area contributed by atoms with E-state index < -0.39 is 0 Å². The van der Waals surface area contributed by atoms with Crippen LogP contribution in [0.2, 0.25) is 0 Å². The highest BCUT2D eigenvalue weighted by Crippen LogP contribution is 2.94. The Hall–Kier alpha value is -3.64. The Bertz CT molecular complexity index is 2450. The Labute approximate surface area is 408 Å². The van der Waals surface area contributed by atoms with Gasteiger partial charge in [0.25, 0.3) is 0 Å². The van der Waals surface area contributed by atoms with Gasteiger partial charge in [-0.25, -0.2) is 0 Å². The summed E-state index contributed by atoms with van der Waals surface area (Å²) >= 11 is 0. The Morgan fingerprint density at radius 1 is 0.412 bits per heavy atom. The summed E-state index contributed by atoms with van der Waals surface area (Å²) in [6, 6.07) is 18.9. The number of aromatic hydroxyl groups is 2. The molecule has 0 amide bonds. The van der Waals surface area contributed by atoms with Gasteiger partial charge in [0.05, 0.1) is 24.4 Å². The standard InChI is InChI=1S/C63H80O5/c1-58(2,3)42-25-34-21-38-29-44(60(7,8)9)31-40(56(38)64)23-36-27-43(59(4,5)6)28-37-24-41-32-45(61(10,11)12)30-39(57(41)65)22-35(26-42)46(34)13-17-66-19-15-62-52-48-33-49-51-50(48)54(62)55(51)63(68-62,53(49)52)16-20-67-18-14-47(36)37/h25-32,48-55,64-65H,13-24,33H2,1-12H3. The van der Waals surface area contributed by atoms with Crippen molar-refractivity contribution in [2.45, 2.75) is 174 Å². The molecule has 14 bridgehead atoms. The fraction of sp³-hybridized carbons (Fsp3) is 0.619. The zero-order valence-corrected chi connectivity index (χ0v) is 43.5. The molecule has 362 valence electrons. The van der Waals surface area contributed by atoms with Crippen molar-refractivity contribution in [1.29, 1.82) is 0 Å². The first-order valence-electron chi connectivity index (χ1n) is 26.8. The molecule has 2 spiro atoms. The average molecular weight is 917 g/mol. The molecule has 5 nitrogen and oxygen atoms in total. The maximum Gasteiger partial charge on any atom is 0.122 e. The van der Waals surface area contributed by atoms with Gasteiger partial charge in [0.2, 0.25) is 0 Å². The second kappa shape index (κ2) is 15.0. The summed E-state index contributed by atoms with van der Waals surface area (Å²) in [5.74, 6) is 7.19. The van der Waals surface area contributed by atoms with E-state index in [0.717, 1.165) is 84.8 Å². The second-order valence-electron chi connectivity index (χ2n) is 27.6. The molecule has 4 aromatic rings. The molecule has 6 aliphatic carbocycles. The lowest BCUT2D eigenvalue weighted by Gasteiger charge is -2.48. The highest BCUT2D eigenvalue weighted by molar-refractivity contribution is 5.57. The molecule has 4 heterocycles. The molecule has 14 rings (SSSR count). The Balaban J connectivity index is 1.07. The van der Waals surface area contributed by atoms with E-state index in [1.54, 1.807) is 0 Å². The van der Waals surface area contributed by atoms with Crippen LogP contribution in [0.25, 0.3) is 0 Å². The van der Waals surface area contributed by atoms with Gasteiger partial charge in [-0.15, -0.1) is 0 Å². The van der Waals surface area contributed by atoms with E-state index >= 15 is 0 Å². The van der Waals surface area contributed by atoms with Crippen LogP contribution in [0.5, 0.6) is 11.5 Å². The van der Waals surface area contributed by atoms with Gasteiger partial charge in [0, 0.05) is 51.7 Å². The topological polar surface area (TPSA) is 68.2 Å². The maximum absolute atomic E-state index is 12.8. The molecule has 5 saturated carbocycles. The number of ether oxygens (including phenoxy) is 3. The molecule has 10 atom stereocenters. The van der Waals surface area contributed by atoms with Crippen LogP contribution in [0, 0.1) is 47.3 Å². The first-order valence-corrected chi connectivity index (χ1v) is 26.8. The molecule has 7 fully saturated rings. The van der Waals surface area contributed by atoms with E-state index in [1.807, 2.05) is 0 Å². The number of benzene rings is 4. The Morgan fingerprint density at radius 2 is 0.706 bits per heavy atom. The lowest BCUT2D eigenvalue weighted by Crippen LogP contribution is -2.52. The molecular weight excluding hydrogens is 837 g/mol. The summed E-state index contributed by atoms with van der Waals surface area (Å²) in [6.45, 7) is 30.3. The van der Waals surface area contributed by atoms with Crippen molar-refractivity contribution < 1.29 is 24.4 Å². The van der Waals surface area contributed by atoms with Gasteiger partial charge in [-0.2, -0.15) is 0 Å². The normalized spacial score (nSPS) is 32.6. The van der Waals surface area contributed by atoms with Crippen LogP contribution in [0.15, 0.2) is 48.5 Å². The fourth-order valence-electron chi connectivity index (χ4n) is 16.8. The summed E-state index contributed by atoms with van der Waals surface area (Å²) < 4.78 is 21.5. The fourth-order valence-corrected chi connectivity index (χ4v) is 16.8. The number of hydrogen-bond acceptors (Lipinski definition) is 5. The van der Waals surface area contributed by atoms with Gasteiger partial charge in [0.15, 0.2) is 0 Å². The molecule has 10 aliphatic rings. The van der Waals surface area contributed by atoms with Crippen molar-refractivity contribution in [1.82, 2.24) is 0 Å². The predicted octanol–water partition coefficient (Wildman–Crippen LogP) is 12.8. The maximum atomic E-state index is 12.8. The predicted molar refractivity (Wildman–Crippen MR) is 272 cm³/mol. The highest BCUT2D eigenvalue weighted by Gasteiger charge is 2.96. The third-order valence-electron chi connectivity index (χ3n) is 19.8. The summed E-state index contributed by atoms with van der Waals surface area (Å²) in [6.07, 6.45) is 7.43. The van der Waals surface area contributed by atoms with Crippen LogP contribution in [-0.4, -0.2) is 47.8 Å². The molecule has 4 aromatic carbocycles. The monoisotopic (exact) mass is 917 g/mol. The zero-order chi connectivity index (χ0) is 47.8. The van der Waals surface area contributed by atoms with Crippen molar-refractivity contribution in [3.05, 3.63) is 126 Å². The Morgan fingerprint density at radius 3 is 1.00 bits per heavy atom. The van der Waals surface area contributed by atoms with Gasteiger partial charge in [-0.1, -0.05) is 132 Å². The third-order valence-corrected chi connectivity index (χ3v) is 19.8. The van der Waals surface area contributed by atoms with Crippen LogP contribution in [0.3, 0.4) is 0 Å². The smallest absolute Gasteiger partial charge is 0.122 e. The molecule has 4 aliphatic heterocycles. The zero-order valence-electron chi connectivity index (χ0n) is 43.5. The quantitative estimate of drug-likeness (QED) is 0.162. The van der Waals surface area contributed by atoms with E-state index in [0.29, 0.717) is 74.1 Å². The average Bonchev–Trinajstić information content (AvgIpc) is 3.93. The van der Waals surface area contributed by atoms with Crippen LogP contribution in [-0.2, 0) is 74.4 Å². The van der Waals surface area contributed by atoms with Crippen molar-refractivity contribution in [2.75, 3.05) is 26.4 Å². The minimum absolute atomic E-state index is 0.00961. The van der Waals surface area contributed by atoms with Crippen LogP contribution in [0.1, 0.15) is 180 Å². The molecule has 2 N–H and O–H groups in total. The van der Waals surface area contributed by atoms with Crippen LogP contribution < -0.4 is 0 Å². The van der Waals surface area contributed by atoms with E-state index in [1.165, 1.54) is 62.1 Å². The number of fused-ring (bicyclic) bond motifs is 8. The molecular formula is C63H80O5. The first kappa shape index (κ1) is 45.5. The summed E-state index contributed by atoms with van der Waals surface area (Å²) in [5.41, 5.74) is 16.0. The minimum atomic E-state index is -0.124. The summed E-state index contributed by atoms with van der Waals surface area (Å²) in [4.78, 5) is 0. The van der Waals surface area contributed by atoms with E-state index in [2.05, 4.69) is 132 Å². The van der Waals surface area contributed by atoms with E-state index in [-0.39, 0.29) is 32.9 Å². The van der Waals surface area contributed by atoms with Crippen LogP contribution in [0.4, 0.5) is 0 Å². The molecule has 0 aromatic heterocycles. The van der Waals surface area contributed by atoms with Crippen molar-refractivity contribution >= 4 is 0 Å². The van der Waals surface area contributed by atoms with Crippen molar-refractivity contribution in [3.8, 4) is 11.5 Å². The van der Waals surface area contributed by atoms with Gasteiger partial charge in [-0.05, 0) is 166 Å².